The van der Waals surface area contributed by atoms with Crippen LogP contribution >= 0.6 is 0 Å². The predicted molar refractivity (Wildman–Crippen MR) is 113 cm³/mol. The molecular formula is C23H21F3N4O3. The second kappa shape index (κ2) is 7.86. The van der Waals surface area contributed by atoms with Gasteiger partial charge in [-0.25, -0.2) is 22.5 Å². The van der Waals surface area contributed by atoms with Gasteiger partial charge in [0.2, 0.25) is 5.91 Å². The van der Waals surface area contributed by atoms with Gasteiger partial charge in [-0.3, -0.25) is 14.6 Å². The lowest BCUT2D eigenvalue weighted by molar-refractivity contribution is -0.127. The molecule has 3 saturated carbocycles. The van der Waals surface area contributed by atoms with Gasteiger partial charge in [0.05, 0.1) is 28.8 Å². The second-order valence-corrected chi connectivity index (χ2v) is 8.99. The molecule has 3 aromatic rings. The number of nitrogens with zero attached hydrogens (tertiary/aromatic N) is 2. The van der Waals surface area contributed by atoms with Gasteiger partial charge in [-0.1, -0.05) is 0 Å². The lowest BCUT2D eigenvalue weighted by atomic mass is 9.80. The lowest BCUT2D eigenvalue weighted by Gasteiger charge is -2.30. The summed E-state index contributed by atoms with van der Waals surface area (Å²) in [4.78, 5) is 45.9. The van der Waals surface area contributed by atoms with E-state index < -0.39 is 46.7 Å². The van der Waals surface area contributed by atoms with E-state index in [1.165, 1.54) is 13.0 Å². The Bertz CT molecular complexity index is 1380. The number of carbonyl (C=O) groups excluding carboxylic acids is 1. The van der Waals surface area contributed by atoms with Crippen molar-refractivity contribution in [3.63, 3.8) is 0 Å². The standard InChI is InChI=1S/C23H21F3N4O3/c1-10(19-17(26)8-14(25)9-27-19)28-21(31)20(15-6-11-4-12(15)5-11)30-22(32)16-7-13(24)2-3-18(16)29-23(30)33/h2-3,7-12,15,20H,4-6H2,1H3,(H,28,31)(H,29,33)/t10-,11?,12?,15+,20-/m0/s1. The van der Waals surface area contributed by atoms with Crippen LogP contribution in [0.15, 0.2) is 40.1 Å². The maximum absolute atomic E-state index is 14.2. The number of nitrogens with one attached hydrogen (secondary N) is 2. The topological polar surface area (TPSA) is 96.9 Å². The van der Waals surface area contributed by atoms with Gasteiger partial charge in [0.15, 0.2) is 0 Å². The van der Waals surface area contributed by atoms with E-state index in [4.69, 9.17) is 0 Å². The van der Waals surface area contributed by atoms with Crippen LogP contribution in [0, 0.1) is 35.2 Å². The Morgan fingerprint density at radius 2 is 1.91 bits per heavy atom. The molecule has 2 aromatic heterocycles. The summed E-state index contributed by atoms with van der Waals surface area (Å²) < 4.78 is 42.1. The Morgan fingerprint density at radius 3 is 2.58 bits per heavy atom. The minimum absolute atomic E-state index is 0.0444. The summed E-state index contributed by atoms with van der Waals surface area (Å²) in [6.07, 6.45) is 3.34. The Labute approximate surface area is 185 Å². The molecule has 3 aliphatic rings. The number of H-pyrrole nitrogens is 1. The number of amides is 1. The Balaban J connectivity index is 1.57. The molecule has 2 N–H and O–H groups in total. The van der Waals surface area contributed by atoms with E-state index in [-0.39, 0.29) is 28.4 Å². The predicted octanol–water partition coefficient (Wildman–Crippen LogP) is 2.97. The quantitative estimate of drug-likeness (QED) is 0.615. The van der Waals surface area contributed by atoms with Crippen molar-refractivity contribution >= 4 is 16.8 Å². The molecule has 3 fully saturated rings. The van der Waals surface area contributed by atoms with Gasteiger partial charge in [-0.05, 0) is 62.1 Å². The highest BCUT2D eigenvalue weighted by Crippen LogP contribution is 2.55. The van der Waals surface area contributed by atoms with E-state index in [1.807, 2.05) is 0 Å². The van der Waals surface area contributed by atoms with E-state index in [0.717, 1.165) is 35.7 Å². The van der Waals surface area contributed by atoms with E-state index >= 15 is 0 Å². The van der Waals surface area contributed by atoms with E-state index in [2.05, 4.69) is 15.3 Å². The van der Waals surface area contributed by atoms with Crippen LogP contribution < -0.4 is 16.6 Å². The zero-order chi connectivity index (χ0) is 23.4. The molecule has 0 aliphatic heterocycles. The van der Waals surface area contributed by atoms with Crippen LogP contribution in [0.25, 0.3) is 10.9 Å². The molecule has 33 heavy (non-hydrogen) atoms. The number of hydrogen-bond acceptors (Lipinski definition) is 4. The molecule has 7 nitrogen and oxygen atoms in total. The summed E-state index contributed by atoms with van der Waals surface area (Å²) in [5.74, 6) is -2.72. The number of fused-ring (bicyclic) bond motifs is 2. The summed E-state index contributed by atoms with van der Waals surface area (Å²) in [5.41, 5.74) is -1.54. The SMILES string of the molecule is C[C@H](NC(=O)[C@H]([C@@H]1CC2CC1C2)n1c(=O)[nH]c2ccc(F)cc2c1=O)c1ncc(F)cc1F. The summed E-state index contributed by atoms with van der Waals surface area (Å²) in [5, 5.41) is 2.59. The number of hydrogen-bond donors (Lipinski definition) is 2. The molecule has 1 amide bonds. The summed E-state index contributed by atoms with van der Waals surface area (Å²) in [7, 11) is 0. The van der Waals surface area contributed by atoms with Crippen LogP contribution in [0.4, 0.5) is 13.2 Å². The molecular weight excluding hydrogens is 437 g/mol. The first kappa shape index (κ1) is 21.4. The van der Waals surface area contributed by atoms with Crippen LogP contribution in [0.1, 0.15) is 44.0 Å². The minimum Gasteiger partial charge on any atom is -0.346 e. The smallest absolute Gasteiger partial charge is 0.329 e. The van der Waals surface area contributed by atoms with Crippen molar-refractivity contribution in [2.75, 3.05) is 0 Å². The summed E-state index contributed by atoms with van der Waals surface area (Å²) in [6.45, 7) is 1.48. The molecule has 10 heteroatoms. The van der Waals surface area contributed by atoms with Gasteiger partial charge < -0.3 is 10.3 Å². The molecule has 0 unspecified atom stereocenters. The van der Waals surface area contributed by atoms with E-state index in [0.29, 0.717) is 18.4 Å². The molecule has 0 spiro atoms. The highest BCUT2D eigenvalue weighted by Gasteiger charge is 2.50. The van der Waals surface area contributed by atoms with Gasteiger partial charge in [-0.2, -0.15) is 0 Å². The molecule has 0 radical (unpaired) electrons. The average Bonchev–Trinajstić information content (AvgIpc) is 3.32. The van der Waals surface area contributed by atoms with Crippen LogP contribution in [-0.2, 0) is 4.79 Å². The van der Waals surface area contributed by atoms with Crippen molar-refractivity contribution in [3.05, 3.63) is 74.4 Å². The lowest BCUT2D eigenvalue weighted by Crippen LogP contribution is -2.48. The number of aromatic amines is 1. The Morgan fingerprint density at radius 1 is 1.15 bits per heavy atom. The minimum atomic E-state index is -1.16. The van der Waals surface area contributed by atoms with Crippen LogP contribution in [0.3, 0.4) is 0 Å². The normalized spacial score (nSPS) is 23.2. The molecule has 172 valence electrons. The van der Waals surface area contributed by atoms with Gasteiger partial charge in [0.25, 0.3) is 5.56 Å². The van der Waals surface area contributed by atoms with Crippen LogP contribution in [0.5, 0.6) is 0 Å². The Kier molecular flexibility index (Phi) is 5.10. The molecule has 3 atom stereocenters. The van der Waals surface area contributed by atoms with Crippen molar-refractivity contribution in [1.82, 2.24) is 19.9 Å². The van der Waals surface area contributed by atoms with Crippen LogP contribution in [0.2, 0.25) is 0 Å². The number of carbonyl (C=O) groups is 1. The van der Waals surface area contributed by atoms with Gasteiger partial charge in [0.1, 0.15) is 23.5 Å². The molecule has 0 saturated heterocycles. The molecule has 3 aliphatic carbocycles. The van der Waals surface area contributed by atoms with Crippen molar-refractivity contribution < 1.29 is 18.0 Å². The monoisotopic (exact) mass is 458 g/mol. The van der Waals surface area contributed by atoms with Gasteiger partial charge in [0, 0.05) is 6.07 Å². The van der Waals surface area contributed by atoms with Crippen molar-refractivity contribution in [3.8, 4) is 0 Å². The maximum Gasteiger partial charge on any atom is 0.329 e. The Hall–Kier alpha value is -3.43. The highest BCUT2D eigenvalue weighted by molar-refractivity contribution is 5.82. The van der Waals surface area contributed by atoms with Crippen molar-refractivity contribution in [2.24, 2.45) is 17.8 Å². The van der Waals surface area contributed by atoms with Gasteiger partial charge >= 0.3 is 5.69 Å². The first-order valence-corrected chi connectivity index (χ1v) is 10.8. The molecule has 1 aromatic carbocycles. The first-order chi connectivity index (χ1) is 15.7. The fourth-order valence-corrected chi connectivity index (χ4v) is 5.36. The zero-order valence-corrected chi connectivity index (χ0v) is 17.6. The number of benzene rings is 1. The third-order valence-electron chi connectivity index (χ3n) is 6.93. The summed E-state index contributed by atoms with van der Waals surface area (Å²) >= 11 is 0. The number of rotatable bonds is 5. The van der Waals surface area contributed by atoms with E-state index in [1.54, 1.807) is 0 Å². The third-order valence-corrected chi connectivity index (χ3v) is 6.93. The molecule has 2 heterocycles. The summed E-state index contributed by atoms with van der Waals surface area (Å²) in [6, 6.07) is 2.02. The largest absolute Gasteiger partial charge is 0.346 e. The average molecular weight is 458 g/mol. The second-order valence-electron chi connectivity index (χ2n) is 8.99. The van der Waals surface area contributed by atoms with Gasteiger partial charge in [-0.15, -0.1) is 0 Å². The molecule has 6 rings (SSSR count). The number of aromatic nitrogens is 3. The zero-order valence-electron chi connectivity index (χ0n) is 17.6. The fourth-order valence-electron chi connectivity index (χ4n) is 5.36. The van der Waals surface area contributed by atoms with E-state index in [9.17, 15) is 27.6 Å². The third kappa shape index (κ3) is 3.63. The maximum atomic E-state index is 14.2. The highest BCUT2D eigenvalue weighted by atomic mass is 19.1. The number of pyridine rings is 1. The fraction of sp³-hybridized carbons (Fsp3) is 0.391. The van der Waals surface area contributed by atoms with Crippen LogP contribution in [-0.4, -0.2) is 20.4 Å². The van der Waals surface area contributed by atoms with Crippen molar-refractivity contribution in [2.45, 2.75) is 38.3 Å². The molecule has 2 bridgehead atoms. The number of halogens is 3. The first-order valence-electron chi connectivity index (χ1n) is 10.8. The van der Waals surface area contributed by atoms with Crippen molar-refractivity contribution in [1.29, 1.82) is 0 Å².